The molecular formula is C29H33FN6O3S. The average molecular weight is 565 g/mol. The van der Waals surface area contributed by atoms with Crippen molar-refractivity contribution in [2.45, 2.75) is 32.4 Å². The molecule has 0 radical (unpaired) electrons. The highest BCUT2D eigenvalue weighted by atomic mass is 32.2. The van der Waals surface area contributed by atoms with Crippen LogP contribution in [0.25, 0.3) is 33.4 Å². The van der Waals surface area contributed by atoms with E-state index >= 15 is 4.39 Å². The predicted molar refractivity (Wildman–Crippen MR) is 157 cm³/mol. The molecule has 4 aromatic rings. The van der Waals surface area contributed by atoms with E-state index in [2.05, 4.69) is 46.9 Å². The van der Waals surface area contributed by atoms with Crippen LogP contribution in [-0.2, 0) is 27.3 Å². The van der Waals surface area contributed by atoms with Gasteiger partial charge in [-0.05, 0) is 49.7 Å². The monoisotopic (exact) mass is 564 g/mol. The predicted octanol–water partition coefficient (Wildman–Crippen LogP) is 4.86. The number of nitrogens with two attached hydrogens (primary N) is 1. The number of halogens is 1. The maximum atomic E-state index is 16.1. The molecular weight excluding hydrogens is 531 g/mol. The number of benzene rings is 2. The summed E-state index contributed by atoms with van der Waals surface area (Å²) in [6.07, 6.45) is 1.40. The molecule has 0 aliphatic carbocycles. The van der Waals surface area contributed by atoms with Crippen LogP contribution in [-0.4, -0.2) is 53.7 Å². The smallest absolute Gasteiger partial charge is 0.254 e. The Balaban J connectivity index is 1.67. The lowest BCUT2D eigenvalue weighted by Crippen LogP contribution is -2.61. The summed E-state index contributed by atoms with van der Waals surface area (Å²) in [4.78, 5) is 10.9. The summed E-state index contributed by atoms with van der Waals surface area (Å²) in [5.74, 6) is -0.0463. The van der Waals surface area contributed by atoms with Crippen molar-refractivity contribution in [1.82, 2.24) is 19.4 Å². The Morgan fingerprint density at radius 3 is 2.42 bits per heavy atom. The zero-order chi connectivity index (χ0) is 28.8. The number of rotatable bonds is 9. The molecule has 2 aromatic heterocycles. The van der Waals surface area contributed by atoms with Gasteiger partial charge in [0.1, 0.15) is 23.6 Å². The highest BCUT2D eigenvalue weighted by molar-refractivity contribution is 7.95. The summed E-state index contributed by atoms with van der Waals surface area (Å²) in [7, 11) is -1.79. The van der Waals surface area contributed by atoms with Gasteiger partial charge in [-0.25, -0.2) is 22.8 Å². The van der Waals surface area contributed by atoms with Crippen molar-refractivity contribution < 1.29 is 17.5 Å². The number of fused-ring (bicyclic) bond motifs is 1. The largest absolute Gasteiger partial charge is 0.383 e. The first-order valence-electron chi connectivity index (χ1n) is 13.0. The van der Waals surface area contributed by atoms with E-state index in [4.69, 9.17) is 10.5 Å². The Hall–Kier alpha value is -3.80. The lowest BCUT2D eigenvalue weighted by Gasteiger charge is -2.51. The highest BCUT2D eigenvalue weighted by Gasteiger charge is 2.47. The first-order valence-corrected chi connectivity index (χ1v) is 14.6. The number of aromatic nitrogens is 3. The third-order valence-electron chi connectivity index (χ3n) is 7.59. The van der Waals surface area contributed by atoms with Gasteiger partial charge in [-0.15, -0.1) is 0 Å². The number of hydrogen-bond acceptors (Lipinski definition) is 7. The molecule has 0 amide bonds. The molecule has 0 atom stereocenters. The van der Waals surface area contributed by atoms with Gasteiger partial charge in [0.05, 0.1) is 29.8 Å². The van der Waals surface area contributed by atoms with Gasteiger partial charge >= 0.3 is 0 Å². The molecule has 0 saturated carbocycles. The highest BCUT2D eigenvalue weighted by Crippen LogP contribution is 2.44. The third kappa shape index (κ3) is 4.53. The number of nitrogens with one attached hydrogen (secondary N) is 1. The SMILES string of the molecule is C=CS(=O)(=O)Nc1ccc(-c2c(-c3ccc(C4(N(CC)C(C)C)COC4)c(F)c3)c3c(N)ncnc3n2C)cc1. The van der Waals surface area contributed by atoms with Crippen LogP contribution < -0.4 is 10.5 Å². The maximum absolute atomic E-state index is 16.1. The molecule has 11 heteroatoms. The second-order valence-corrected chi connectivity index (χ2v) is 11.9. The van der Waals surface area contributed by atoms with E-state index in [9.17, 15) is 8.42 Å². The van der Waals surface area contributed by atoms with E-state index < -0.39 is 15.6 Å². The molecule has 0 spiro atoms. The molecule has 1 saturated heterocycles. The fourth-order valence-electron chi connectivity index (χ4n) is 5.78. The van der Waals surface area contributed by atoms with Crippen molar-refractivity contribution in [1.29, 1.82) is 0 Å². The van der Waals surface area contributed by atoms with Gasteiger partial charge in [-0.2, -0.15) is 0 Å². The minimum atomic E-state index is -3.65. The van der Waals surface area contributed by atoms with Crippen molar-refractivity contribution in [2.24, 2.45) is 7.05 Å². The minimum Gasteiger partial charge on any atom is -0.383 e. The van der Waals surface area contributed by atoms with Crippen molar-refractivity contribution in [3.8, 4) is 22.4 Å². The summed E-state index contributed by atoms with van der Waals surface area (Å²) in [6, 6.07) is 12.4. The number of anilines is 2. The summed E-state index contributed by atoms with van der Waals surface area (Å²) < 4.78 is 49.8. The lowest BCUT2D eigenvalue weighted by molar-refractivity contribution is -0.156. The quantitative estimate of drug-likeness (QED) is 0.298. The second kappa shape index (κ2) is 10.3. The van der Waals surface area contributed by atoms with Crippen LogP contribution in [0.5, 0.6) is 0 Å². The first kappa shape index (κ1) is 27.8. The van der Waals surface area contributed by atoms with Crippen molar-refractivity contribution in [3.05, 3.63) is 72.2 Å². The van der Waals surface area contributed by atoms with Gasteiger partial charge < -0.3 is 15.0 Å². The van der Waals surface area contributed by atoms with Crippen LogP contribution in [0, 0.1) is 5.82 Å². The van der Waals surface area contributed by atoms with Crippen LogP contribution in [0.4, 0.5) is 15.9 Å². The van der Waals surface area contributed by atoms with Crippen molar-refractivity contribution >= 4 is 32.6 Å². The average Bonchev–Trinajstić information content (AvgIpc) is 3.20. The van der Waals surface area contributed by atoms with Crippen LogP contribution in [0.15, 0.2) is 60.8 Å². The molecule has 5 rings (SSSR count). The van der Waals surface area contributed by atoms with Crippen molar-refractivity contribution in [2.75, 3.05) is 30.2 Å². The summed E-state index contributed by atoms with van der Waals surface area (Å²) in [5, 5.41) is 1.46. The van der Waals surface area contributed by atoms with Crippen LogP contribution >= 0.6 is 0 Å². The third-order valence-corrected chi connectivity index (χ3v) is 8.55. The Labute approximate surface area is 233 Å². The Morgan fingerprint density at radius 1 is 1.20 bits per heavy atom. The summed E-state index contributed by atoms with van der Waals surface area (Å²) >= 11 is 0. The fourth-order valence-corrected chi connectivity index (χ4v) is 6.33. The van der Waals surface area contributed by atoms with E-state index in [1.807, 2.05) is 23.7 Å². The lowest BCUT2D eigenvalue weighted by atomic mass is 9.83. The minimum absolute atomic E-state index is 0.216. The van der Waals surface area contributed by atoms with E-state index in [-0.39, 0.29) is 17.7 Å². The normalized spacial score (nSPS) is 15.0. The summed E-state index contributed by atoms with van der Waals surface area (Å²) in [5.41, 5.74) is 10.2. The number of likely N-dealkylation sites (N-methyl/N-ethyl adjacent to an activating group) is 1. The van der Waals surface area contributed by atoms with E-state index in [1.54, 1.807) is 30.3 Å². The van der Waals surface area contributed by atoms with Gasteiger partial charge in [0, 0.05) is 35.3 Å². The van der Waals surface area contributed by atoms with Gasteiger partial charge in [-0.1, -0.05) is 37.8 Å². The number of aryl methyl sites for hydroxylation is 1. The molecule has 9 nitrogen and oxygen atoms in total. The van der Waals surface area contributed by atoms with Crippen molar-refractivity contribution in [3.63, 3.8) is 0 Å². The Bertz CT molecular complexity index is 1700. The van der Waals surface area contributed by atoms with Gasteiger partial charge in [0.2, 0.25) is 0 Å². The standard InChI is InChI=1S/C29H33FN6O3S/c1-6-36(18(3)4)29(15-39-16-29)22-13-10-20(14-23(22)30)24-25-27(31)32-17-33-28(25)35(5)26(24)19-8-11-21(12-9-19)34-40(37,38)7-2/h7-14,17-18,34H,2,6,15-16H2,1,3-5H3,(H2,31,32,33). The van der Waals surface area contributed by atoms with E-state index in [0.717, 1.165) is 23.2 Å². The first-order chi connectivity index (χ1) is 19.0. The number of sulfonamides is 1. The molecule has 1 aliphatic rings. The maximum Gasteiger partial charge on any atom is 0.254 e. The van der Waals surface area contributed by atoms with Gasteiger partial charge in [-0.3, -0.25) is 9.62 Å². The Morgan fingerprint density at radius 2 is 1.88 bits per heavy atom. The fraction of sp³-hybridized carbons (Fsp3) is 0.310. The molecule has 0 unspecified atom stereocenters. The molecule has 3 N–H and O–H groups in total. The van der Waals surface area contributed by atoms with E-state index in [0.29, 0.717) is 46.6 Å². The van der Waals surface area contributed by atoms with Gasteiger partial charge in [0.15, 0.2) is 0 Å². The molecule has 2 aromatic carbocycles. The Kier molecular flexibility index (Phi) is 7.15. The number of hydrogen-bond donors (Lipinski definition) is 2. The molecule has 3 heterocycles. The number of nitrogen functional groups attached to an aromatic ring is 1. The zero-order valence-corrected chi connectivity index (χ0v) is 23.8. The van der Waals surface area contributed by atoms with Crippen LogP contribution in [0.2, 0.25) is 0 Å². The molecule has 210 valence electrons. The second-order valence-electron chi connectivity index (χ2n) is 10.2. The zero-order valence-electron chi connectivity index (χ0n) is 23.0. The molecule has 1 aliphatic heterocycles. The van der Waals surface area contributed by atoms with E-state index in [1.165, 1.54) is 6.33 Å². The van der Waals surface area contributed by atoms with Crippen LogP contribution in [0.3, 0.4) is 0 Å². The molecule has 0 bridgehead atoms. The van der Waals surface area contributed by atoms with Crippen LogP contribution in [0.1, 0.15) is 26.3 Å². The molecule has 1 fully saturated rings. The summed E-state index contributed by atoms with van der Waals surface area (Å²) in [6.45, 7) is 11.2. The van der Waals surface area contributed by atoms with Gasteiger partial charge in [0.25, 0.3) is 10.0 Å². The topological polar surface area (TPSA) is 115 Å². The number of ether oxygens (including phenoxy) is 1. The number of nitrogens with zero attached hydrogens (tertiary/aromatic N) is 4. The molecule has 40 heavy (non-hydrogen) atoms.